The van der Waals surface area contributed by atoms with Gasteiger partial charge in [-0.15, -0.1) is 0 Å². The number of imide groups is 1. The first-order chi connectivity index (χ1) is 15.7. The maximum absolute atomic E-state index is 12.3. The zero-order chi connectivity index (χ0) is 24.0. The lowest BCUT2D eigenvalue weighted by Crippen LogP contribution is -2.33. The van der Waals surface area contributed by atoms with Gasteiger partial charge in [-0.2, -0.15) is 0 Å². The lowest BCUT2D eigenvalue weighted by atomic mass is 10.0. The fourth-order valence-corrected chi connectivity index (χ4v) is 3.18. The van der Waals surface area contributed by atoms with Crippen molar-refractivity contribution in [2.75, 3.05) is 13.2 Å². The summed E-state index contributed by atoms with van der Waals surface area (Å²) < 4.78 is 10.6. The van der Waals surface area contributed by atoms with E-state index in [0.717, 1.165) is 4.90 Å². The molecule has 3 rings (SSSR count). The highest BCUT2D eigenvalue weighted by Crippen LogP contribution is 2.22. The summed E-state index contributed by atoms with van der Waals surface area (Å²) in [5, 5.41) is 0. The molecule has 0 aromatic heterocycles. The molecule has 0 bridgehead atoms. The fraction of sp³-hybridized carbons (Fsp3) is 0.261. The lowest BCUT2D eigenvalue weighted by molar-refractivity contribution is -0.149. The van der Waals surface area contributed by atoms with Gasteiger partial charge in [-0.05, 0) is 48.9 Å². The van der Waals surface area contributed by atoms with Crippen LogP contribution >= 0.6 is 0 Å². The first-order valence-corrected chi connectivity index (χ1v) is 10.3. The van der Waals surface area contributed by atoms with Crippen LogP contribution in [0.15, 0.2) is 53.5 Å². The number of aliphatic imine (C=N–C) groups is 1. The molecular weight excluding hydrogens is 428 g/mol. The summed E-state index contributed by atoms with van der Waals surface area (Å²) in [6, 6.07) is 12.7. The van der Waals surface area contributed by atoms with Crippen molar-refractivity contribution in [1.82, 2.24) is 4.90 Å². The number of nitrogens with zero attached hydrogens (tertiary/aromatic N) is 2. The lowest BCUT2D eigenvalue weighted by Gasteiger charge is -2.16. The Morgan fingerprint density at radius 2 is 1.61 bits per heavy atom. The Hall–Kier alpha value is -4.21. The van der Waals surface area contributed by atoms with Crippen molar-refractivity contribution in [3.05, 3.63) is 59.7 Å². The number of amides is 2. The maximum atomic E-state index is 12.3. The molecule has 10 heteroatoms. The number of ether oxygens (including phenoxy) is 2. The summed E-state index contributed by atoms with van der Waals surface area (Å²) in [6.07, 6.45) is 0.396. The Morgan fingerprint density at radius 3 is 2.18 bits per heavy atom. The monoisotopic (exact) mass is 452 g/mol. The second kappa shape index (κ2) is 10.4. The van der Waals surface area contributed by atoms with E-state index in [-0.39, 0.29) is 43.8 Å². The molecule has 0 saturated carbocycles. The topological polar surface area (TPSA) is 154 Å². The number of rotatable bonds is 8. The Bertz CT molecular complexity index is 1060. The molecule has 2 aromatic rings. The summed E-state index contributed by atoms with van der Waals surface area (Å²) in [6.45, 7) is 1.67. The van der Waals surface area contributed by atoms with Crippen LogP contribution in [-0.4, -0.2) is 47.8 Å². The molecule has 2 aromatic carbocycles. The minimum atomic E-state index is -0.581. The van der Waals surface area contributed by atoms with E-state index in [0.29, 0.717) is 22.6 Å². The number of nitrogens with two attached hydrogens (primary N) is 2. The molecule has 2 amide bonds. The van der Waals surface area contributed by atoms with Gasteiger partial charge in [-0.1, -0.05) is 12.1 Å². The number of guanidine groups is 1. The predicted molar refractivity (Wildman–Crippen MR) is 119 cm³/mol. The highest BCUT2D eigenvalue weighted by Gasteiger charge is 2.28. The zero-order valence-corrected chi connectivity index (χ0v) is 18.0. The van der Waals surface area contributed by atoms with Crippen molar-refractivity contribution in [3.63, 3.8) is 0 Å². The number of esters is 2. The average Bonchev–Trinajstić information content (AvgIpc) is 3.11. The van der Waals surface area contributed by atoms with Crippen molar-refractivity contribution < 1.29 is 28.7 Å². The quantitative estimate of drug-likeness (QED) is 0.201. The van der Waals surface area contributed by atoms with Crippen molar-refractivity contribution >= 4 is 35.4 Å². The van der Waals surface area contributed by atoms with Gasteiger partial charge in [0.25, 0.3) is 0 Å². The van der Waals surface area contributed by atoms with Gasteiger partial charge in [-0.25, -0.2) is 9.79 Å². The molecule has 1 heterocycles. The smallest absolute Gasteiger partial charge is 0.343 e. The molecule has 0 radical (unpaired) electrons. The van der Waals surface area contributed by atoms with Gasteiger partial charge >= 0.3 is 11.9 Å². The van der Waals surface area contributed by atoms with E-state index in [1.165, 1.54) is 0 Å². The van der Waals surface area contributed by atoms with Crippen LogP contribution in [0.2, 0.25) is 0 Å². The number of carbonyl (C=O) groups is 4. The van der Waals surface area contributed by atoms with Gasteiger partial charge in [0.15, 0.2) is 5.96 Å². The van der Waals surface area contributed by atoms with Crippen LogP contribution in [0.25, 0.3) is 0 Å². The number of benzene rings is 2. The normalized spacial score (nSPS) is 14.0. The van der Waals surface area contributed by atoms with Crippen LogP contribution < -0.4 is 16.2 Å². The number of carbonyl (C=O) groups excluding carboxylic acids is 4. The number of hydrogen-bond donors (Lipinski definition) is 2. The molecule has 1 aliphatic heterocycles. The van der Waals surface area contributed by atoms with E-state index in [9.17, 15) is 19.2 Å². The Balaban J connectivity index is 1.51. The fourth-order valence-electron chi connectivity index (χ4n) is 3.18. The van der Waals surface area contributed by atoms with Crippen molar-refractivity contribution in [1.29, 1.82) is 0 Å². The van der Waals surface area contributed by atoms with Gasteiger partial charge in [0.2, 0.25) is 11.8 Å². The maximum Gasteiger partial charge on any atom is 0.343 e. The van der Waals surface area contributed by atoms with Crippen LogP contribution in [0.1, 0.15) is 41.6 Å². The third-order valence-electron chi connectivity index (χ3n) is 5.02. The minimum absolute atomic E-state index is 0.0535. The van der Waals surface area contributed by atoms with Gasteiger partial charge < -0.3 is 20.9 Å². The van der Waals surface area contributed by atoms with Crippen LogP contribution in [-0.2, 0) is 19.1 Å². The van der Waals surface area contributed by atoms with Gasteiger partial charge in [0.05, 0.1) is 23.7 Å². The summed E-state index contributed by atoms with van der Waals surface area (Å²) in [5.74, 6) is -1.90. The van der Waals surface area contributed by atoms with Gasteiger partial charge in [-0.3, -0.25) is 19.3 Å². The average molecular weight is 452 g/mol. The first-order valence-electron chi connectivity index (χ1n) is 10.3. The Labute approximate surface area is 190 Å². The van der Waals surface area contributed by atoms with Crippen LogP contribution in [0, 0.1) is 0 Å². The van der Waals surface area contributed by atoms with Crippen LogP contribution in [0.4, 0.5) is 5.69 Å². The van der Waals surface area contributed by atoms with E-state index < -0.39 is 17.9 Å². The van der Waals surface area contributed by atoms with Crippen LogP contribution in [0.3, 0.4) is 0 Å². The number of likely N-dealkylation sites (tertiary alicyclic amines) is 1. The zero-order valence-electron chi connectivity index (χ0n) is 18.0. The molecule has 0 spiro atoms. The third-order valence-corrected chi connectivity index (χ3v) is 5.02. The Kier molecular flexibility index (Phi) is 7.39. The molecule has 1 fully saturated rings. The molecular formula is C23H24N4O6. The second-order valence-corrected chi connectivity index (χ2v) is 7.37. The first kappa shape index (κ1) is 23.5. The summed E-state index contributed by atoms with van der Waals surface area (Å²) in [5.41, 5.74) is 12.1. The predicted octanol–water partition coefficient (Wildman–Crippen LogP) is 1.61. The summed E-state index contributed by atoms with van der Waals surface area (Å²) in [4.78, 5) is 52.8. The summed E-state index contributed by atoms with van der Waals surface area (Å²) >= 11 is 0. The van der Waals surface area contributed by atoms with Crippen molar-refractivity contribution in [2.24, 2.45) is 16.5 Å². The molecule has 172 valence electrons. The van der Waals surface area contributed by atoms with E-state index in [2.05, 4.69) is 4.99 Å². The molecule has 1 saturated heterocycles. The molecule has 1 atom stereocenters. The highest BCUT2D eigenvalue weighted by molar-refractivity contribution is 6.01. The third kappa shape index (κ3) is 6.16. The highest BCUT2D eigenvalue weighted by atomic mass is 16.5. The molecule has 4 N–H and O–H groups in total. The Morgan fingerprint density at radius 1 is 1.00 bits per heavy atom. The van der Waals surface area contributed by atoms with Gasteiger partial charge in [0.1, 0.15) is 12.4 Å². The molecule has 1 aliphatic rings. The molecule has 0 aliphatic carbocycles. The minimum Gasteiger partial charge on any atom is -0.463 e. The molecule has 0 unspecified atom stereocenters. The van der Waals surface area contributed by atoms with Crippen molar-refractivity contribution in [3.8, 4) is 5.75 Å². The van der Waals surface area contributed by atoms with Crippen LogP contribution in [0.5, 0.6) is 5.75 Å². The van der Waals surface area contributed by atoms with E-state index in [1.807, 2.05) is 0 Å². The second-order valence-electron chi connectivity index (χ2n) is 7.37. The van der Waals surface area contributed by atoms with Crippen molar-refractivity contribution in [2.45, 2.75) is 25.7 Å². The van der Waals surface area contributed by atoms with E-state index >= 15 is 0 Å². The standard InChI is InChI=1S/C23H24N4O6/c1-14(21(30)32-13-12-27-19(28)10-11-20(27)29)15-4-8-18(9-5-15)33-22(31)16-2-6-17(7-3-16)26-23(24)25/h2-9,14H,10-13H2,1H3,(H4,24,25,26)/t14-/m0/s1. The molecule has 10 nitrogen and oxygen atoms in total. The number of hydrogen-bond acceptors (Lipinski definition) is 7. The largest absolute Gasteiger partial charge is 0.463 e. The van der Waals surface area contributed by atoms with E-state index in [1.54, 1.807) is 55.5 Å². The molecule has 33 heavy (non-hydrogen) atoms. The van der Waals surface area contributed by atoms with E-state index in [4.69, 9.17) is 20.9 Å². The summed E-state index contributed by atoms with van der Waals surface area (Å²) in [7, 11) is 0. The SMILES string of the molecule is C[C@H](C(=O)OCCN1C(=O)CCC1=O)c1ccc(OC(=O)c2ccc(N=C(N)N)cc2)cc1. The van der Waals surface area contributed by atoms with Gasteiger partial charge in [0, 0.05) is 12.8 Å².